The fourth-order valence-electron chi connectivity index (χ4n) is 4.26. The predicted octanol–water partition coefficient (Wildman–Crippen LogP) is 5.10. The number of carbonyl (C=O) groups is 2. The minimum Gasteiger partial charge on any atom is -0.355 e. The molecular weight excluding hydrogens is 522 g/mol. The zero-order valence-corrected chi connectivity index (χ0v) is 23.7. The summed E-state index contributed by atoms with van der Waals surface area (Å²) in [5, 5.41) is 3.25. The lowest BCUT2D eigenvalue weighted by Gasteiger charge is -2.33. The van der Waals surface area contributed by atoms with E-state index in [-0.39, 0.29) is 17.3 Å². The Kier molecular flexibility index (Phi) is 9.94. The molecule has 0 aliphatic heterocycles. The zero-order valence-electron chi connectivity index (χ0n) is 22.1. The molecule has 1 N–H and O–H groups in total. The van der Waals surface area contributed by atoms with Crippen molar-refractivity contribution in [3.8, 4) is 0 Å². The number of carbonyl (C=O) groups excluding carboxylic acids is 2. The second-order valence-electron chi connectivity index (χ2n) is 8.98. The normalized spacial score (nSPS) is 12.0. The van der Waals surface area contributed by atoms with Crippen molar-refractivity contribution in [2.45, 2.75) is 51.6 Å². The molecule has 0 heterocycles. The number of aryl methyl sites for hydroxylation is 1. The third kappa shape index (κ3) is 6.55. The lowest BCUT2D eigenvalue weighted by Crippen LogP contribution is -2.52. The van der Waals surface area contributed by atoms with Gasteiger partial charge in [-0.2, -0.15) is 0 Å². The van der Waals surface area contributed by atoms with Gasteiger partial charge in [0.1, 0.15) is 12.6 Å². The number of nitrogens with one attached hydrogen (secondary N) is 1. The molecule has 0 fully saturated rings. The molecule has 0 saturated carbocycles. The molecule has 2 amide bonds. The van der Waals surface area contributed by atoms with Crippen molar-refractivity contribution in [1.29, 1.82) is 0 Å². The molecular formula is C29H34ClN3O4S. The molecule has 3 rings (SSSR count). The Labute approximate surface area is 230 Å². The molecule has 0 aliphatic carbocycles. The van der Waals surface area contributed by atoms with Crippen molar-refractivity contribution in [1.82, 2.24) is 10.2 Å². The maximum absolute atomic E-state index is 14.0. The van der Waals surface area contributed by atoms with Gasteiger partial charge in [0.25, 0.3) is 10.0 Å². The lowest BCUT2D eigenvalue weighted by molar-refractivity contribution is -0.140. The summed E-state index contributed by atoms with van der Waals surface area (Å²) in [5.74, 6) is -0.817. The van der Waals surface area contributed by atoms with Crippen LogP contribution >= 0.6 is 11.6 Å². The Bertz CT molecular complexity index is 1380. The molecule has 0 radical (unpaired) electrons. The van der Waals surface area contributed by atoms with E-state index < -0.39 is 28.5 Å². The van der Waals surface area contributed by atoms with Gasteiger partial charge in [0.15, 0.2) is 0 Å². The van der Waals surface area contributed by atoms with Gasteiger partial charge in [-0.3, -0.25) is 13.9 Å². The Hall–Kier alpha value is -3.36. The number of likely N-dealkylation sites (N-methyl/N-ethyl adjacent to an activating group) is 1. The molecule has 7 nitrogen and oxygen atoms in total. The molecule has 3 aromatic carbocycles. The van der Waals surface area contributed by atoms with Crippen molar-refractivity contribution in [2.75, 3.05) is 17.4 Å². The highest BCUT2D eigenvalue weighted by molar-refractivity contribution is 7.92. The fraction of sp³-hybridized carbons (Fsp3) is 0.310. The van der Waals surface area contributed by atoms with E-state index in [0.717, 1.165) is 15.4 Å². The van der Waals surface area contributed by atoms with E-state index in [1.165, 1.54) is 17.0 Å². The highest BCUT2D eigenvalue weighted by Crippen LogP contribution is 2.29. The van der Waals surface area contributed by atoms with Crippen LogP contribution in [0.2, 0.25) is 5.02 Å². The summed E-state index contributed by atoms with van der Waals surface area (Å²) in [6.07, 6.45) is 0.344. The van der Waals surface area contributed by atoms with Gasteiger partial charge >= 0.3 is 0 Å². The summed E-state index contributed by atoms with van der Waals surface area (Å²) in [4.78, 5) is 28.5. The van der Waals surface area contributed by atoms with Crippen LogP contribution in [0.15, 0.2) is 77.7 Å². The van der Waals surface area contributed by atoms with E-state index in [2.05, 4.69) is 5.32 Å². The number of hydrogen-bond donors (Lipinski definition) is 1. The van der Waals surface area contributed by atoms with Crippen LogP contribution in [0.25, 0.3) is 0 Å². The van der Waals surface area contributed by atoms with Crippen LogP contribution in [0.4, 0.5) is 5.69 Å². The number of halogens is 1. The number of amides is 2. The topological polar surface area (TPSA) is 86.8 Å². The molecule has 0 bridgehead atoms. The first-order valence-electron chi connectivity index (χ1n) is 12.6. The van der Waals surface area contributed by atoms with Crippen LogP contribution in [-0.2, 0) is 26.2 Å². The van der Waals surface area contributed by atoms with Crippen molar-refractivity contribution < 1.29 is 18.0 Å². The average Bonchev–Trinajstić information content (AvgIpc) is 2.90. The Balaban J connectivity index is 2.11. The van der Waals surface area contributed by atoms with Crippen molar-refractivity contribution in [3.05, 3.63) is 94.5 Å². The minimum absolute atomic E-state index is 0.0557. The molecule has 0 aliphatic rings. The summed E-state index contributed by atoms with van der Waals surface area (Å²) in [7, 11) is -4.11. The van der Waals surface area contributed by atoms with Gasteiger partial charge in [-0.25, -0.2) is 8.42 Å². The molecule has 3 aromatic rings. The van der Waals surface area contributed by atoms with Gasteiger partial charge in [0.05, 0.1) is 10.6 Å². The maximum Gasteiger partial charge on any atom is 0.264 e. The number of benzene rings is 3. The lowest BCUT2D eigenvalue weighted by atomic mass is 10.1. The summed E-state index contributed by atoms with van der Waals surface area (Å²) in [6, 6.07) is 19.7. The van der Waals surface area contributed by atoms with E-state index in [4.69, 9.17) is 11.6 Å². The van der Waals surface area contributed by atoms with Crippen LogP contribution in [-0.4, -0.2) is 44.3 Å². The first-order valence-corrected chi connectivity index (χ1v) is 14.4. The van der Waals surface area contributed by atoms with Crippen LogP contribution < -0.4 is 9.62 Å². The molecule has 0 spiro atoms. The van der Waals surface area contributed by atoms with Gasteiger partial charge < -0.3 is 10.2 Å². The van der Waals surface area contributed by atoms with E-state index in [9.17, 15) is 18.0 Å². The average molecular weight is 556 g/mol. The number of sulfonamides is 1. The van der Waals surface area contributed by atoms with Crippen LogP contribution in [0, 0.1) is 13.8 Å². The van der Waals surface area contributed by atoms with Crippen LogP contribution in [0.5, 0.6) is 0 Å². The Morgan fingerprint density at radius 3 is 2.21 bits per heavy atom. The van der Waals surface area contributed by atoms with E-state index in [1.807, 2.05) is 26.8 Å². The minimum atomic E-state index is -4.11. The van der Waals surface area contributed by atoms with Crippen molar-refractivity contribution >= 4 is 39.1 Å². The SMILES string of the molecule is CCNC(=O)[C@H](CC)N(Cc1ccccc1Cl)C(=O)CN(c1cccc(C)c1C)S(=O)(=O)c1ccccc1. The first-order chi connectivity index (χ1) is 18.1. The number of hydrogen-bond acceptors (Lipinski definition) is 4. The summed E-state index contributed by atoms with van der Waals surface area (Å²) >= 11 is 6.41. The van der Waals surface area contributed by atoms with E-state index >= 15 is 0 Å². The summed E-state index contributed by atoms with van der Waals surface area (Å²) in [5.41, 5.74) is 2.71. The Morgan fingerprint density at radius 1 is 0.921 bits per heavy atom. The molecule has 9 heteroatoms. The summed E-state index contributed by atoms with van der Waals surface area (Å²) in [6.45, 7) is 7.31. The monoisotopic (exact) mass is 555 g/mol. The molecule has 38 heavy (non-hydrogen) atoms. The number of nitrogens with zero attached hydrogens (tertiary/aromatic N) is 2. The molecule has 1 atom stereocenters. The van der Waals surface area contributed by atoms with Crippen molar-refractivity contribution in [3.63, 3.8) is 0 Å². The molecule has 0 aromatic heterocycles. The number of anilines is 1. The van der Waals surface area contributed by atoms with Gasteiger partial charge in [-0.1, -0.05) is 67.1 Å². The maximum atomic E-state index is 14.0. The molecule has 202 valence electrons. The standard InChI is InChI=1S/C29H34ClN3O4S/c1-5-26(29(35)31-6-2)32(19-23-14-10-11-17-25(23)30)28(34)20-33(27-18-12-13-21(3)22(27)4)38(36,37)24-15-8-7-9-16-24/h7-18,26H,5-6,19-20H2,1-4H3,(H,31,35)/t26-/m0/s1. The first kappa shape index (κ1) is 29.2. The highest BCUT2D eigenvalue weighted by Gasteiger charge is 2.34. The fourth-order valence-corrected chi connectivity index (χ4v) is 5.95. The van der Waals surface area contributed by atoms with Crippen LogP contribution in [0.3, 0.4) is 0 Å². The van der Waals surface area contributed by atoms with Gasteiger partial charge in [-0.15, -0.1) is 0 Å². The third-order valence-electron chi connectivity index (χ3n) is 6.49. The second-order valence-corrected chi connectivity index (χ2v) is 11.2. The molecule has 0 saturated heterocycles. The molecule has 0 unspecified atom stereocenters. The zero-order chi connectivity index (χ0) is 27.9. The summed E-state index contributed by atoms with van der Waals surface area (Å²) < 4.78 is 28.9. The van der Waals surface area contributed by atoms with Gasteiger partial charge in [0, 0.05) is 18.1 Å². The van der Waals surface area contributed by atoms with Gasteiger partial charge in [0.2, 0.25) is 11.8 Å². The quantitative estimate of drug-likeness (QED) is 0.357. The second kappa shape index (κ2) is 12.9. The Morgan fingerprint density at radius 2 is 1.58 bits per heavy atom. The largest absolute Gasteiger partial charge is 0.355 e. The predicted molar refractivity (Wildman–Crippen MR) is 152 cm³/mol. The van der Waals surface area contributed by atoms with Crippen LogP contribution in [0.1, 0.15) is 37.0 Å². The third-order valence-corrected chi connectivity index (χ3v) is 8.63. The van der Waals surface area contributed by atoms with E-state index in [0.29, 0.717) is 29.2 Å². The smallest absolute Gasteiger partial charge is 0.264 e. The number of rotatable bonds is 11. The van der Waals surface area contributed by atoms with Gasteiger partial charge in [-0.05, 0) is 68.1 Å². The van der Waals surface area contributed by atoms with E-state index in [1.54, 1.807) is 61.5 Å². The van der Waals surface area contributed by atoms with Crippen molar-refractivity contribution in [2.24, 2.45) is 0 Å². The highest BCUT2D eigenvalue weighted by atomic mass is 35.5.